The number of aromatic nitrogens is 2. The predicted octanol–water partition coefficient (Wildman–Crippen LogP) is 4.19. The zero-order valence-electron chi connectivity index (χ0n) is 15.3. The third-order valence-electron chi connectivity index (χ3n) is 3.99. The number of carbonyl (C=O) groups is 1. The van der Waals surface area contributed by atoms with Crippen LogP contribution in [0.2, 0.25) is 0 Å². The summed E-state index contributed by atoms with van der Waals surface area (Å²) < 4.78 is 7.97. The molecule has 0 aliphatic rings. The van der Waals surface area contributed by atoms with Gasteiger partial charge in [0.1, 0.15) is 28.5 Å². The van der Waals surface area contributed by atoms with Gasteiger partial charge in [-0.25, -0.2) is 4.98 Å². The molecule has 3 aromatic heterocycles. The number of nitrogens with zero attached hydrogens (tertiary/aromatic N) is 3. The van der Waals surface area contributed by atoms with Crippen LogP contribution in [0.5, 0.6) is 0 Å². The Labute approximate surface area is 155 Å². The fourth-order valence-electron chi connectivity index (χ4n) is 2.72. The van der Waals surface area contributed by atoms with Crippen molar-refractivity contribution in [1.82, 2.24) is 9.38 Å². The van der Waals surface area contributed by atoms with Crippen LogP contribution in [-0.2, 0) is 4.84 Å². The van der Waals surface area contributed by atoms with Gasteiger partial charge in [-0.2, -0.15) is 0 Å². The minimum absolute atomic E-state index is 0.440. The van der Waals surface area contributed by atoms with Crippen LogP contribution in [0.15, 0.2) is 64.6 Å². The average Bonchev–Trinajstić information content (AvgIpc) is 3.12. The Morgan fingerprint density at radius 1 is 1.19 bits per heavy atom. The molecule has 0 atom stereocenters. The van der Waals surface area contributed by atoms with E-state index in [4.69, 9.17) is 9.25 Å². The van der Waals surface area contributed by atoms with E-state index in [0.717, 1.165) is 11.8 Å². The van der Waals surface area contributed by atoms with E-state index in [2.05, 4.69) is 10.1 Å². The highest BCUT2D eigenvalue weighted by Crippen LogP contribution is 2.22. The molecule has 0 N–H and O–H groups in total. The lowest BCUT2D eigenvalue weighted by Crippen LogP contribution is -2.18. The van der Waals surface area contributed by atoms with E-state index < -0.39 is 5.60 Å². The Hall–Kier alpha value is -3.41. The molecule has 0 aliphatic heterocycles. The molecule has 0 spiro atoms. The molecular formula is C21H19N3O3. The van der Waals surface area contributed by atoms with Crippen LogP contribution in [0, 0.1) is 0 Å². The zero-order chi connectivity index (χ0) is 19.0. The third-order valence-corrected chi connectivity index (χ3v) is 3.99. The molecule has 3 heterocycles. The van der Waals surface area contributed by atoms with Gasteiger partial charge in [0.25, 0.3) is 0 Å². The van der Waals surface area contributed by atoms with Crippen molar-refractivity contribution in [2.75, 3.05) is 0 Å². The summed E-state index contributed by atoms with van der Waals surface area (Å²) in [6.45, 7) is 5.77. The van der Waals surface area contributed by atoms with E-state index in [1.54, 1.807) is 30.6 Å². The Morgan fingerprint density at radius 3 is 2.81 bits per heavy atom. The SMILES string of the molecule is CC(C)(C)ON=c1cc(-c2cc3cccn3cn2)oc2ccc(C=O)cc12. The molecule has 27 heavy (non-hydrogen) atoms. The average molecular weight is 361 g/mol. The van der Waals surface area contributed by atoms with Gasteiger partial charge in [0.2, 0.25) is 0 Å². The second-order valence-electron chi connectivity index (χ2n) is 7.28. The maximum atomic E-state index is 11.2. The summed E-state index contributed by atoms with van der Waals surface area (Å²) in [6.07, 6.45) is 4.47. The smallest absolute Gasteiger partial charge is 0.155 e. The van der Waals surface area contributed by atoms with Crippen LogP contribution < -0.4 is 5.36 Å². The molecule has 0 bridgehead atoms. The molecular weight excluding hydrogens is 342 g/mol. The number of hydrogen-bond donors (Lipinski definition) is 0. The Bertz CT molecular complexity index is 1210. The van der Waals surface area contributed by atoms with Crippen molar-refractivity contribution in [2.45, 2.75) is 26.4 Å². The third kappa shape index (κ3) is 3.46. The fraction of sp³-hybridized carbons (Fsp3) is 0.190. The molecule has 4 aromatic rings. The fourth-order valence-corrected chi connectivity index (χ4v) is 2.72. The monoisotopic (exact) mass is 361 g/mol. The van der Waals surface area contributed by atoms with Crippen LogP contribution >= 0.6 is 0 Å². The Balaban J connectivity index is 1.95. The summed E-state index contributed by atoms with van der Waals surface area (Å²) in [6, 6.07) is 12.9. The molecule has 136 valence electrons. The van der Waals surface area contributed by atoms with Gasteiger partial charge >= 0.3 is 0 Å². The summed E-state index contributed by atoms with van der Waals surface area (Å²) in [4.78, 5) is 21.2. The first-order chi connectivity index (χ1) is 12.9. The molecule has 6 heteroatoms. The molecule has 4 rings (SSSR count). The molecule has 0 saturated carbocycles. The number of benzene rings is 1. The number of rotatable bonds is 3. The van der Waals surface area contributed by atoms with Crippen molar-refractivity contribution < 1.29 is 14.0 Å². The van der Waals surface area contributed by atoms with Crippen LogP contribution in [-0.4, -0.2) is 21.3 Å². The van der Waals surface area contributed by atoms with E-state index in [0.29, 0.717) is 33.3 Å². The molecule has 0 aliphatic carbocycles. The molecule has 0 fully saturated rings. The van der Waals surface area contributed by atoms with Crippen molar-refractivity contribution in [3.05, 3.63) is 65.9 Å². The first kappa shape index (κ1) is 17.0. The lowest BCUT2D eigenvalue weighted by Gasteiger charge is -2.15. The lowest BCUT2D eigenvalue weighted by atomic mass is 10.1. The van der Waals surface area contributed by atoms with Crippen LogP contribution in [0.4, 0.5) is 0 Å². The van der Waals surface area contributed by atoms with Gasteiger partial charge in [0.05, 0.1) is 6.33 Å². The normalized spacial score (nSPS) is 12.6. The van der Waals surface area contributed by atoms with Gasteiger partial charge in [-0.1, -0.05) is 5.16 Å². The van der Waals surface area contributed by atoms with Crippen molar-refractivity contribution in [2.24, 2.45) is 5.16 Å². The predicted molar refractivity (Wildman–Crippen MR) is 102 cm³/mol. The largest absolute Gasteiger partial charge is 0.454 e. The van der Waals surface area contributed by atoms with Crippen molar-refractivity contribution in [1.29, 1.82) is 0 Å². The first-order valence-electron chi connectivity index (χ1n) is 8.61. The first-order valence-corrected chi connectivity index (χ1v) is 8.61. The maximum absolute atomic E-state index is 11.2. The quantitative estimate of drug-likeness (QED) is 0.405. The molecule has 1 aromatic carbocycles. The minimum Gasteiger partial charge on any atom is -0.454 e. The van der Waals surface area contributed by atoms with Gasteiger partial charge in [-0.05, 0) is 57.2 Å². The van der Waals surface area contributed by atoms with E-state index >= 15 is 0 Å². The molecule has 0 saturated heterocycles. The van der Waals surface area contributed by atoms with Crippen LogP contribution in [0.1, 0.15) is 31.1 Å². The van der Waals surface area contributed by atoms with Gasteiger partial charge in [0.15, 0.2) is 5.76 Å². The van der Waals surface area contributed by atoms with E-state index in [9.17, 15) is 4.79 Å². The Kier molecular flexibility index (Phi) is 4.03. The van der Waals surface area contributed by atoms with Crippen molar-refractivity contribution in [3.63, 3.8) is 0 Å². The van der Waals surface area contributed by atoms with Gasteiger partial charge < -0.3 is 13.7 Å². The summed E-state index contributed by atoms with van der Waals surface area (Å²) in [5, 5.41) is 5.60. The number of carbonyl (C=O) groups excluding carboxylic acids is 1. The molecule has 6 nitrogen and oxygen atoms in total. The zero-order valence-corrected chi connectivity index (χ0v) is 15.3. The minimum atomic E-state index is -0.440. The van der Waals surface area contributed by atoms with E-state index in [-0.39, 0.29) is 0 Å². The van der Waals surface area contributed by atoms with Crippen molar-refractivity contribution >= 4 is 22.8 Å². The summed E-state index contributed by atoms with van der Waals surface area (Å²) in [5.41, 5.74) is 2.41. The highest BCUT2D eigenvalue weighted by Gasteiger charge is 2.12. The van der Waals surface area contributed by atoms with E-state index in [1.807, 2.05) is 49.6 Å². The lowest BCUT2D eigenvalue weighted by molar-refractivity contribution is -0.00586. The number of hydrogen-bond acceptors (Lipinski definition) is 5. The number of fused-ring (bicyclic) bond motifs is 2. The number of aldehydes is 1. The van der Waals surface area contributed by atoms with Crippen LogP contribution in [0.25, 0.3) is 27.9 Å². The van der Waals surface area contributed by atoms with Gasteiger partial charge in [0, 0.05) is 28.7 Å². The summed E-state index contributed by atoms with van der Waals surface area (Å²) in [7, 11) is 0. The summed E-state index contributed by atoms with van der Waals surface area (Å²) >= 11 is 0. The topological polar surface area (TPSA) is 69.1 Å². The second-order valence-corrected chi connectivity index (χ2v) is 7.28. The highest BCUT2D eigenvalue weighted by molar-refractivity contribution is 5.86. The van der Waals surface area contributed by atoms with E-state index in [1.165, 1.54) is 0 Å². The second kappa shape index (κ2) is 6.39. The molecule has 0 radical (unpaired) electrons. The van der Waals surface area contributed by atoms with Crippen LogP contribution in [0.3, 0.4) is 0 Å². The van der Waals surface area contributed by atoms with Crippen molar-refractivity contribution in [3.8, 4) is 11.5 Å². The van der Waals surface area contributed by atoms with Gasteiger partial charge in [-0.15, -0.1) is 0 Å². The Morgan fingerprint density at radius 2 is 2.04 bits per heavy atom. The maximum Gasteiger partial charge on any atom is 0.155 e. The summed E-state index contributed by atoms with van der Waals surface area (Å²) in [5.74, 6) is 0.571. The molecule has 0 unspecified atom stereocenters. The van der Waals surface area contributed by atoms with Gasteiger partial charge in [-0.3, -0.25) is 4.79 Å². The standard InChI is InChI=1S/C21H19N3O3/c1-21(2,3)27-23-17-11-20(18-10-15-5-4-8-24(15)13-22-18)26-19-7-6-14(12-25)9-16(17)19/h4-13H,1-3H3. The highest BCUT2D eigenvalue weighted by atomic mass is 16.6. The molecule has 0 amide bonds.